The van der Waals surface area contributed by atoms with Crippen LogP contribution in [0, 0.1) is 5.92 Å². The minimum Gasteiger partial charge on any atom is -0.356 e. The van der Waals surface area contributed by atoms with E-state index in [0.717, 1.165) is 5.56 Å². The third-order valence-electron chi connectivity index (χ3n) is 5.19. The molecule has 10 heteroatoms. The molecule has 164 valence electrons. The predicted molar refractivity (Wildman–Crippen MR) is 112 cm³/mol. The normalized spacial score (nSPS) is 21.0. The summed E-state index contributed by atoms with van der Waals surface area (Å²) in [4.78, 5) is 12.4. The maximum absolute atomic E-state index is 12.4. The maximum atomic E-state index is 12.4. The quantitative estimate of drug-likeness (QED) is 0.581. The van der Waals surface area contributed by atoms with Crippen molar-refractivity contribution < 1.29 is 21.6 Å². The molecule has 0 spiro atoms. The second-order valence-electron chi connectivity index (χ2n) is 8.51. The number of hydrogen-bond acceptors (Lipinski definition) is 5. The largest absolute Gasteiger partial charge is 0.356 e. The Morgan fingerprint density at radius 2 is 1.59 bits per heavy atom. The van der Waals surface area contributed by atoms with Crippen LogP contribution in [-0.4, -0.2) is 40.1 Å². The van der Waals surface area contributed by atoms with Crippen molar-refractivity contribution >= 4 is 26.0 Å². The minimum atomic E-state index is -3.70. The number of nitrogens with two attached hydrogens (primary N) is 1. The molecule has 2 rings (SSSR count). The number of hydrogen-bond donors (Lipinski definition) is 3. The Labute approximate surface area is 173 Å². The maximum Gasteiger partial charge on any atom is 0.238 e. The van der Waals surface area contributed by atoms with Gasteiger partial charge in [0.15, 0.2) is 0 Å². The molecule has 1 saturated carbocycles. The van der Waals surface area contributed by atoms with Crippen LogP contribution in [0.2, 0.25) is 0 Å². The predicted octanol–water partition coefficient (Wildman–Crippen LogP) is 1.27. The fourth-order valence-corrected chi connectivity index (χ4v) is 4.73. The van der Waals surface area contributed by atoms with Crippen LogP contribution in [0.15, 0.2) is 29.2 Å². The molecule has 0 aliphatic heterocycles. The van der Waals surface area contributed by atoms with Gasteiger partial charge < -0.3 is 5.32 Å². The Hall–Kier alpha value is -1.49. The topological polar surface area (TPSA) is 135 Å². The van der Waals surface area contributed by atoms with Crippen LogP contribution in [0.1, 0.15) is 52.0 Å². The first-order valence-corrected chi connectivity index (χ1v) is 12.7. The van der Waals surface area contributed by atoms with Crippen LogP contribution < -0.4 is 15.2 Å². The fourth-order valence-electron chi connectivity index (χ4n) is 3.19. The number of rotatable bonds is 7. The summed E-state index contributed by atoms with van der Waals surface area (Å²) in [7, 11) is -7.09. The Kier molecular flexibility index (Phi) is 7.47. The van der Waals surface area contributed by atoms with Crippen molar-refractivity contribution in [1.29, 1.82) is 0 Å². The van der Waals surface area contributed by atoms with Gasteiger partial charge in [-0.05, 0) is 70.6 Å². The van der Waals surface area contributed by atoms with E-state index < -0.39 is 24.8 Å². The molecule has 4 N–H and O–H groups in total. The van der Waals surface area contributed by atoms with E-state index >= 15 is 0 Å². The Morgan fingerprint density at radius 1 is 1.03 bits per heavy atom. The number of primary sulfonamides is 1. The van der Waals surface area contributed by atoms with Gasteiger partial charge in [-0.25, -0.2) is 26.7 Å². The second-order valence-corrected chi connectivity index (χ2v) is 12.5. The van der Waals surface area contributed by atoms with E-state index in [1.165, 1.54) is 12.1 Å². The molecule has 1 aliphatic carbocycles. The molecule has 1 aromatic rings. The molecule has 0 heterocycles. The van der Waals surface area contributed by atoms with Crippen molar-refractivity contribution in [1.82, 2.24) is 10.0 Å². The average Bonchev–Trinajstić information content (AvgIpc) is 2.60. The average molecular weight is 446 g/mol. The standard InChI is InChI=1S/C19H31N3O5S2/c1-19(2,3)29(26,27)22-16-8-6-15(7-9-16)18(23)21-13-12-14-4-10-17(11-5-14)28(20,24)25/h4-5,10-11,15-16,22H,6-9,12-13H2,1-3H3,(H,21,23)(H2,20,24,25). The molecule has 1 fully saturated rings. The van der Waals surface area contributed by atoms with E-state index in [0.29, 0.717) is 38.6 Å². The first-order chi connectivity index (χ1) is 13.3. The molecule has 29 heavy (non-hydrogen) atoms. The third kappa shape index (κ3) is 6.77. The zero-order chi connectivity index (χ0) is 21.9. The van der Waals surface area contributed by atoms with Crippen molar-refractivity contribution in [2.45, 2.75) is 68.6 Å². The summed E-state index contributed by atoms with van der Waals surface area (Å²) in [5.41, 5.74) is 0.901. The van der Waals surface area contributed by atoms with Crippen molar-refractivity contribution in [3.8, 4) is 0 Å². The van der Waals surface area contributed by atoms with Gasteiger partial charge in [0.05, 0.1) is 9.64 Å². The van der Waals surface area contributed by atoms with Gasteiger partial charge in [-0.2, -0.15) is 0 Å². The number of carbonyl (C=O) groups excluding carboxylic acids is 1. The number of benzene rings is 1. The molecule has 8 nitrogen and oxygen atoms in total. The van der Waals surface area contributed by atoms with Crippen molar-refractivity contribution in [2.24, 2.45) is 11.1 Å². The Morgan fingerprint density at radius 3 is 2.07 bits per heavy atom. The highest BCUT2D eigenvalue weighted by Crippen LogP contribution is 2.26. The lowest BCUT2D eigenvalue weighted by Crippen LogP contribution is -2.46. The first-order valence-electron chi connectivity index (χ1n) is 9.71. The van der Waals surface area contributed by atoms with Crippen LogP contribution in [0.4, 0.5) is 0 Å². The summed E-state index contributed by atoms with van der Waals surface area (Å²) in [6.45, 7) is 5.44. The lowest BCUT2D eigenvalue weighted by atomic mass is 9.86. The Bertz CT molecular complexity index is 912. The van der Waals surface area contributed by atoms with Gasteiger partial charge in [0.25, 0.3) is 0 Å². The molecule has 1 aliphatic rings. The second kappa shape index (κ2) is 9.11. The number of nitrogens with one attached hydrogen (secondary N) is 2. The molecule has 0 bridgehead atoms. The van der Waals surface area contributed by atoms with Crippen molar-refractivity contribution in [3.05, 3.63) is 29.8 Å². The summed E-state index contributed by atoms with van der Waals surface area (Å²) in [5, 5.41) is 7.98. The highest BCUT2D eigenvalue weighted by molar-refractivity contribution is 7.90. The molecule has 0 radical (unpaired) electrons. The summed E-state index contributed by atoms with van der Waals surface area (Å²) >= 11 is 0. The fraction of sp³-hybridized carbons (Fsp3) is 0.632. The van der Waals surface area contributed by atoms with Gasteiger partial charge in [-0.1, -0.05) is 12.1 Å². The number of amides is 1. The number of carbonyl (C=O) groups is 1. The third-order valence-corrected chi connectivity index (χ3v) is 8.38. The van der Waals surface area contributed by atoms with E-state index in [2.05, 4.69) is 10.0 Å². The molecule has 0 saturated heterocycles. The van der Waals surface area contributed by atoms with Crippen molar-refractivity contribution in [2.75, 3.05) is 6.54 Å². The molecule has 1 amide bonds. The highest BCUT2D eigenvalue weighted by atomic mass is 32.2. The zero-order valence-electron chi connectivity index (χ0n) is 17.1. The molecule has 0 aromatic heterocycles. The summed E-state index contributed by atoms with van der Waals surface area (Å²) in [5.74, 6) is -0.140. The summed E-state index contributed by atoms with van der Waals surface area (Å²) in [6.07, 6.45) is 3.15. The van der Waals surface area contributed by atoms with Crippen LogP contribution in [0.3, 0.4) is 0 Å². The highest BCUT2D eigenvalue weighted by Gasteiger charge is 2.33. The number of sulfonamides is 2. The zero-order valence-corrected chi connectivity index (χ0v) is 18.8. The molecule has 0 atom stereocenters. The van der Waals surface area contributed by atoms with Gasteiger partial charge >= 0.3 is 0 Å². The van der Waals surface area contributed by atoms with Gasteiger partial charge in [-0.3, -0.25) is 4.79 Å². The monoisotopic (exact) mass is 445 g/mol. The van der Waals surface area contributed by atoms with Crippen LogP contribution >= 0.6 is 0 Å². The van der Waals surface area contributed by atoms with E-state index in [1.54, 1.807) is 32.9 Å². The van der Waals surface area contributed by atoms with E-state index in [1.807, 2.05) is 0 Å². The molecule has 0 unspecified atom stereocenters. The van der Waals surface area contributed by atoms with Crippen LogP contribution in [0.5, 0.6) is 0 Å². The van der Waals surface area contributed by atoms with E-state index in [9.17, 15) is 21.6 Å². The molecular formula is C19H31N3O5S2. The Balaban J connectivity index is 1.76. The van der Waals surface area contributed by atoms with Crippen LogP contribution in [-0.2, 0) is 31.3 Å². The SMILES string of the molecule is CC(C)(C)S(=O)(=O)NC1CCC(C(=O)NCCc2ccc(S(N)(=O)=O)cc2)CC1. The minimum absolute atomic E-state index is 0.0247. The van der Waals surface area contributed by atoms with Gasteiger partial charge in [0.1, 0.15) is 0 Å². The van der Waals surface area contributed by atoms with E-state index in [-0.39, 0.29) is 22.8 Å². The van der Waals surface area contributed by atoms with Crippen molar-refractivity contribution in [3.63, 3.8) is 0 Å². The molecular weight excluding hydrogens is 414 g/mol. The first kappa shape index (κ1) is 23.8. The summed E-state index contributed by atoms with van der Waals surface area (Å²) in [6, 6.07) is 6.14. The van der Waals surface area contributed by atoms with Crippen LogP contribution in [0.25, 0.3) is 0 Å². The molecule has 1 aromatic carbocycles. The van der Waals surface area contributed by atoms with Gasteiger partial charge in [0, 0.05) is 18.5 Å². The van der Waals surface area contributed by atoms with Gasteiger partial charge in [0.2, 0.25) is 26.0 Å². The lowest BCUT2D eigenvalue weighted by molar-refractivity contribution is -0.125. The lowest BCUT2D eigenvalue weighted by Gasteiger charge is -2.30. The van der Waals surface area contributed by atoms with E-state index in [4.69, 9.17) is 5.14 Å². The van der Waals surface area contributed by atoms with Gasteiger partial charge in [-0.15, -0.1) is 0 Å². The summed E-state index contributed by atoms with van der Waals surface area (Å²) < 4.78 is 48.9. The smallest absolute Gasteiger partial charge is 0.238 e.